The largest absolute Gasteiger partial charge is 0.455 e. The zero-order valence-electron chi connectivity index (χ0n) is 30.5. The molecule has 0 fully saturated rings. The van der Waals surface area contributed by atoms with Gasteiger partial charge in [-0.05, 0) is 113 Å². The van der Waals surface area contributed by atoms with Crippen LogP contribution in [0.2, 0.25) is 0 Å². The quantitative estimate of drug-likeness (QED) is 0.177. The molecule has 0 saturated heterocycles. The van der Waals surface area contributed by atoms with Gasteiger partial charge in [0.2, 0.25) is 0 Å². The van der Waals surface area contributed by atoms with Crippen molar-refractivity contribution in [1.82, 2.24) is 0 Å². The first-order chi connectivity index (χ1) is 27.8. The molecule has 1 heterocycles. The monoisotopic (exact) mass is 710 g/mol. The van der Waals surface area contributed by atoms with Crippen LogP contribution < -0.4 is 0 Å². The Morgan fingerprint density at radius 1 is 0.357 bits per heavy atom. The molecule has 1 aromatic heterocycles. The average Bonchev–Trinajstić information content (AvgIpc) is 3.81. The zero-order valence-corrected chi connectivity index (χ0v) is 30.5. The maximum absolute atomic E-state index is 6.76. The number of hydrogen-bond donors (Lipinski definition) is 0. The highest BCUT2D eigenvalue weighted by Gasteiger charge is 2.48. The van der Waals surface area contributed by atoms with Crippen molar-refractivity contribution in [2.45, 2.75) is 5.41 Å². The number of rotatable bonds is 4. The first-order valence-corrected chi connectivity index (χ1v) is 19.4. The van der Waals surface area contributed by atoms with Gasteiger partial charge in [-0.1, -0.05) is 176 Å². The van der Waals surface area contributed by atoms with Gasteiger partial charge in [0.15, 0.2) is 0 Å². The summed E-state index contributed by atoms with van der Waals surface area (Å²) < 4.78 is 6.76. The first-order valence-electron chi connectivity index (χ1n) is 19.4. The Kier molecular flexibility index (Phi) is 6.62. The van der Waals surface area contributed by atoms with E-state index in [4.69, 9.17) is 4.42 Å². The number of benzene rings is 10. The summed E-state index contributed by atoms with van der Waals surface area (Å²) in [6.07, 6.45) is 0. The van der Waals surface area contributed by atoms with Gasteiger partial charge in [-0.25, -0.2) is 0 Å². The maximum atomic E-state index is 6.76. The standard InChI is InChI=1S/C55H34O/c1-3-18-41(19-4-1)55(42-20-5-2-6-21-42)49-34-40(43-24-13-25-50-52(43)47-31-29-37-16-10-12-23-45(37)54(47)56-50)33-48(39-27-26-35-14-7-8-17-38(35)32-39)51(49)46-30-28-36-15-9-11-22-44(36)53(46)55/h1-34H. The van der Waals surface area contributed by atoms with Crippen LogP contribution in [0.25, 0.3) is 87.6 Å². The van der Waals surface area contributed by atoms with Crippen LogP contribution in [0.5, 0.6) is 0 Å². The van der Waals surface area contributed by atoms with Gasteiger partial charge >= 0.3 is 0 Å². The van der Waals surface area contributed by atoms with Gasteiger partial charge in [0, 0.05) is 16.2 Å². The summed E-state index contributed by atoms with van der Waals surface area (Å²) in [4.78, 5) is 0. The third-order valence-corrected chi connectivity index (χ3v) is 12.3. The molecule has 56 heavy (non-hydrogen) atoms. The minimum atomic E-state index is -0.599. The molecule has 0 atom stereocenters. The van der Waals surface area contributed by atoms with Crippen molar-refractivity contribution in [3.05, 3.63) is 229 Å². The summed E-state index contributed by atoms with van der Waals surface area (Å²) in [5.41, 5.74) is 13.7. The van der Waals surface area contributed by atoms with E-state index < -0.39 is 5.41 Å². The molecule has 1 heteroatoms. The van der Waals surface area contributed by atoms with Gasteiger partial charge < -0.3 is 4.42 Å². The normalized spacial score (nSPS) is 13.1. The van der Waals surface area contributed by atoms with E-state index in [0.29, 0.717) is 0 Å². The Labute approximate surface area is 324 Å². The van der Waals surface area contributed by atoms with E-state index in [1.165, 1.54) is 77.0 Å². The Bertz CT molecular complexity index is 3310. The van der Waals surface area contributed by atoms with Crippen molar-refractivity contribution >= 4 is 54.3 Å². The van der Waals surface area contributed by atoms with E-state index in [-0.39, 0.29) is 0 Å². The van der Waals surface area contributed by atoms with Gasteiger partial charge in [0.05, 0.1) is 5.41 Å². The van der Waals surface area contributed by atoms with E-state index >= 15 is 0 Å². The van der Waals surface area contributed by atoms with Crippen molar-refractivity contribution in [3.63, 3.8) is 0 Å². The molecule has 12 rings (SSSR count). The van der Waals surface area contributed by atoms with E-state index in [1.54, 1.807) is 0 Å². The molecule has 0 bridgehead atoms. The lowest BCUT2D eigenvalue weighted by molar-refractivity contribution is 0.673. The lowest BCUT2D eigenvalue weighted by Gasteiger charge is -2.35. The van der Waals surface area contributed by atoms with E-state index in [0.717, 1.165) is 32.9 Å². The van der Waals surface area contributed by atoms with Crippen LogP contribution in [-0.2, 0) is 5.41 Å². The molecule has 11 aromatic rings. The average molecular weight is 711 g/mol. The highest BCUT2D eigenvalue weighted by Crippen LogP contribution is 2.61. The minimum absolute atomic E-state index is 0.599. The second kappa shape index (κ2) is 11.9. The fourth-order valence-electron chi connectivity index (χ4n) is 9.92. The van der Waals surface area contributed by atoms with Crippen LogP contribution in [0.4, 0.5) is 0 Å². The molecule has 0 N–H and O–H groups in total. The van der Waals surface area contributed by atoms with Crippen molar-refractivity contribution < 1.29 is 4.42 Å². The molecule has 0 saturated carbocycles. The molecule has 1 nitrogen and oxygen atoms in total. The van der Waals surface area contributed by atoms with E-state index in [2.05, 4.69) is 206 Å². The fraction of sp³-hybridized carbons (Fsp3) is 0.0182. The molecular formula is C55H34O. The number of hydrogen-bond acceptors (Lipinski definition) is 1. The SMILES string of the molecule is c1ccc(C2(c3ccccc3)c3cc(-c4cccc5oc6c7ccccc7ccc6c45)cc(-c4ccc5ccccc5c4)c3-c3ccc4ccccc4c32)cc1. The molecule has 260 valence electrons. The van der Waals surface area contributed by atoms with Crippen LogP contribution in [0.15, 0.2) is 211 Å². The second-order valence-electron chi connectivity index (χ2n) is 15.1. The summed E-state index contributed by atoms with van der Waals surface area (Å²) in [6.45, 7) is 0. The highest BCUT2D eigenvalue weighted by atomic mass is 16.3. The molecule has 1 aliphatic rings. The van der Waals surface area contributed by atoms with Crippen molar-refractivity contribution in [2.75, 3.05) is 0 Å². The molecule has 0 spiro atoms. The number of fused-ring (bicyclic) bond motifs is 11. The van der Waals surface area contributed by atoms with Crippen molar-refractivity contribution in [1.29, 1.82) is 0 Å². The molecule has 1 aliphatic carbocycles. The van der Waals surface area contributed by atoms with Gasteiger partial charge in [-0.15, -0.1) is 0 Å². The highest BCUT2D eigenvalue weighted by molar-refractivity contribution is 6.19. The Balaban J connectivity index is 1.27. The lowest BCUT2D eigenvalue weighted by Crippen LogP contribution is -2.29. The predicted octanol–water partition coefficient (Wildman–Crippen LogP) is 14.7. The van der Waals surface area contributed by atoms with Crippen LogP contribution >= 0.6 is 0 Å². The van der Waals surface area contributed by atoms with Gasteiger partial charge in [0.25, 0.3) is 0 Å². The van der Waals surface area contributed by atoms with Crippen molar-refractivity contribution in [3.8, 4) is 33.4 Å². The molecule has 0 radical (unpaired) electrons. The summed E-state index contributed by atoms with van der Waals surface area (Å²) in [5, 5.41) is 9.56. The lowest BCUT2D eigenvalue weighted by atomic mass is 9.66. The van der Waals surface area contributed by atoms with Crippen molar-refractivity contribution in [2.24, 2.45) is 0 Å². The van der Waals surface area contributed by atoms with Crippen LogP contribution in [-0.4, -0.2) is 0 Å². The third-order valence-electron chi connectivity index (χ3n) is 12.3. The molecular weight excluding hydrogens is 677 g/mol. The predicted molar refractivity (Wildman–Crippen MR) is 234 cm³/mol. The van der Waals surface area contributed by atoms with E-state index in [1.807, 2.05) is 0 Å². The van der Waals surface area contributed by atoms with Crippen LogP contribution in [0.3, 0.4) is 0 Å². The molecule has 0 aliphatic heterocycles. The second-order valence-corrected chi connectivity index (χ2v) is 15.1. The molecule has 0 unspecified atom stereocenters. The Hall–Kier alpha value is -7.22. The summed E-state index contributed by atoms with van der Waals surface area (Å²) in [5.74, 6) is 0. The van der Waals surface area contributed by atoms with Gasteiger partial charge in [0.1, 0.15) is 11.2 Å². The summed E-state index contributed by atoms with van der Waals surface area (Å²) in [7, 11) is 0. The number of furan rings is 1. The Morgan fingerprint density at radius 2 is 0.982 bits per heavy atom. The van der Waals surface area contributed by atoms with Crippen LogP contribution in [0, 0.1) is 0 Å². The smallest absolute Gasteiger partial charge is 0.143 e. The zero-order chi connectivity index (χ0) is 36.8. The minimum Gasteiger partial charge on any atom is -0.455 e. The fourth-order valence-corrected chi connectivity index (χ4v) is 9.92. The molecule has 0 amide bonds. The third kappa shape index (κ3) is 4.31. The summed E-state index contributed by atoms with van der Waals surface area (Å²) in [6, 6.07) is 76.1. The maximum Gasteiger partial charge on any atom is 0.143 e. The topological polar surface area (TPSA) is 13.1 Å². The van der Waals surface area contributed by atoms with Gasteiger partial charge in [-0.3, -0.25) is 0 Å². The molecule has 10 aromatic carbocycles. The summed E-state index contributed by atoms with van der Waals surface area (Å²) >= 11 is 0. The first kappa shape index (κ1) is 31.2. The Morgan fingerprint density at radius 3 is 1.75 bits per heavy atom. The van der Waals surface area contributed by atoms with Gasteiger partial charge in [-0.2, -0.15) is 0 Å². The van der Waals surface area contributed by atoms with E-state index in [9.17, 15) is 0 Å². The van der Waals surface area contributed by atoms with Crippen LogP contribution in [0.1, 0.15) is 22.3 Å².